The second-order valence-corrected chi connectivity index (χ2v) is 6.28. The van der Waals surface area contributed by atoms with Crippen molar-refractivity contribution < 1.29 is 19.7 Å². The van der Waals surface area contributed by atoms with E-state index in [0.29, 0.717) is 0 Å². The predicted molar refractivity (Wildman–Crippen MR) is 86.6 cm³/mol. The van der Waals surface area contributed by atoms with Gasteiger partial charge in [0.25, 0.3) is 0 Å². The molecule has 1 aliphatic rings. The minimum atomic E-state index is -0.874. The highest BCUT2D eigenvalue weighted by Gasteiger charge is 2.48. The summed E-state index contributed by atoms with van der Waals surface area (Å²) in [6, 6.07) is 18.6. The predicted octanol–water partition coefficient (Wildman–Crippen LogP) is 2.97. The summed E-state index contributed by atoms with van der Waals surface area (Å²) in [5, 5.41) is 21.4. The van der Waals surface area contributed by atoms with E-state index >= 15 is 0 Å². The van der Waals surface area contributed by atoms with Gasteiger partial charge in [0.2, 0.25) is 0 Å². The van der Waals surface area contributed by atoms with Crippen LogP contribution < -0.4 is 0 Å². The van der Waals surface area contributed by atoms with Crippen LogP contribution in [0, 0.1) is 0 Å². The van der Waals surface area contributed by atoms with E-state index in [1.54, 1.807) is 13.8 Å². The molecule has 1 fully saturated rings. The highest BCUT2D eigenvalue weighted by molar-refractivity contribution is 5.22. The molecule has 4 atom stereocenters. The number of benzene rings is 2. The zero-order valence-corrected chi connectivity index (χ0v) is 13.3. The van der Waals surface area contributed by atoms with Crippen molar-refractivity contribution >= 4 is 0 Å². The Morgan fingerprint density at radius 3 is 1.43 bits per heavy atom. The summed E-state index contributed by atoms with van der Waals surface area (Å²) in [6.45, 7) is 3.57. The number of aliphatic hydroxyl groups excluding tert-OH is 2. The lowest BCUT2D eigenvalue weighted by molar-refractivity contribution is -0.161. The van der Waals surface area contributed by atoms with Crippen molar-refractivity contribution in [3.8, 4) is 0 Å². The van der Waals surface area contributed by atoms with Crippen molar-refractivity contribution in [2.75, 3.05) is 0 Å². The molecule has 0 aliphatic carbocycles. The average Bonchev–Trinajstić information content (AvgIpc) is 2.91. The Morgan fingerprint density at radius 1 is 0.739 bits per heavy atom. The van der Waals surface area contributed by atoms with Crippen LogP contribution in [0.4, 0.5) is 0 Å². The molecule has 3 rings (SSSR count). The maximum atomic E-state index is 10.7. The van der Waals surface area contributed by atoms with Gasteiger partial charge in [0.05, 0.1) is 0 Å². The van der Waals surface area contributed by atoms with Gasteiger partial charge in [-0.25, -0.2) is 0 Å². The number of ether oxygens (including phenoxy) is 2. The van der Waals surface area contributed by atoms with Crippen molar-refractivity contribution in [2.24, 2.45) is 0 Å². The molecule has 0 radical (unpaired) electrons. The summed E-state index contributed by atoms with van der Waals surface area (Å²) < 4.78 is 11.8. The zero-order valence-electron chi connectivity index (χ0n) is 13.3. The lowest BCUT2D eigenvalue weighted by Crippen LogP contribution is -2.34. The highest BCUT2D eigenvalue weighted by atomic mass is 16.8. The second kappa shape index (κ2) is 6.42. The van der Waals surface area contributed by atoms with Gasteiger partial charge in [-0.05, 0) is 25.0 Å². The topological polar surface area (TPSA) is 58.9 Å². The molecule has 0 aromatic heterocycles. The van der Waals surface area contributed by atoms with Crippen molar-refractivity contribution in [3.63, 3.8) is 0 Å². The van der Waals surface area contributed by atoms with Crippen LogP contribution in [0.15, 0.2) is 60.7 Å². The van der Waals surface area contributed by atoms with Gasteiger partial charge >= 0.3 is 0 Å². The van der Waals surface area contributed by atoms with Gasteiger partial charge < -0.3 is 19.7 Å². The van der Waals surface area contributed by atoms with Crippen molar-refractivity contribution in [1.29, 1.82) is 0 Å². The van der Waals surface area contributed by atoms with Crippen LogP contribution in [0.1, 0.15) is 37.2 Å². The first kappa shape index (κ1) is 16.1. The first-order valence-electron chi connectivity index (χ1n) is 7.79. The molecule has 1 saturated heterocycles. The Morgan fingerprint density at radius 2 is 1.09 bits per heavy atom. The molecule has 0 saturated carbocycles. The van der Waals surface area contributed by atoms with Gasteiger partial charge in [-0.2, -0.15) is 0 Å². The first-order chi connectivity index (χ1) is 11.0. The molecule has 2 N–H and O–H groups in total. The highest BCUT2D eigenvalue weighted by Crippen LogP contribution is 2.40. The van der Waals surface area contributed by atoms with Crippen LogP contribution in [0.3, 0.4) is 0 Å². The molecule has 2 aromatic rings. The van der Waals surface area contributed by atoms with Crippen LogP contribution in [0.5, 0.6) is 0 Å². The van der Waals surface area contributed by atoms with Gasteiger partial charge in [-0.15, -0.1) is 0 Å². The molecule has 4 nitrogen and oxygen atoms in total. The van der Waals surface area contributed by atoms with E-state index in [1.165, 1.54) is 0 Å². The Balaban J connectivity index is 1.88. The Bertz CT molecular complexity index is 571. The summed E-state index contributed by atoms with van der Waals surface area (Å²) >= 11 is 0. The van der Waals surface area contributed by atoms with Gasteiger partial charge in [0, 0.05) is 0 Å². The quantitative estimate of drug-likeness (QED) is 0.911. The second-order valence-electron chi connectivity index (χ2n) is 6.28. The fraction of sp³-hybridized carbons (Fsp3) is 0.368. The Hall–Kier alpha value is -1.72. The van der Waals surface area contributed by atoms with E-state index < -0.39 is 30.2 Å². The van der Waals surface area contributed by atoms with Crippen LogP contribution in [0.2, 0.25) is 0 Å². The average molecular weight is 314 g/mol. The molecule has 0 bridgehead atoms. The van der Waals surface area contributed by atoms with Crippen LogP contribution in [-0.4, -0.2) is 28.2 Å². The minimum Gasteiger partial charge on any atom is -0.386 e. The molecule has 1 heterocycles. The van der Waals surface area contributed by atoms with E-state index in [-0.39, 0.29) is 0 Å². The maximum absolute atomic E-state index is 10.7. The molecule has 0 amide bonds. The lowest BCUT2D eigenvalue weighted by atomic mass is 9.94. The molecular formula is C19H22O4. The third kappa shape index (κ3) is 3.46. The smallest absolute Gasteiger partial charge is 0.164 e. The molecule has 4 heteroatoms. The third-order valence-electron chi connectivity index (χ3n) is 4.07. The Kier molecular flexibility index (Phi) is 4.50. The fourth-order valence-corrected chi connectivity index (χ4v) is 2.99. The van der Waals surface area contributed by atoms with Gasteiger partial charge in [-0.1, -0.05) is 60.7 Å². The van der Waals surface area contributed by atoms with Crippen LogP contribution in [0.25, 0.3) is 0 Å². The van der Waals surface area contributed by atoms with Crippen LogP contribution >= 0.6 is 0 Å². The molecule has 2 aromatic carbocycles. The number of aliphatic hydroxyl groups is 2. The fourth-order valence-electron chi connectivity index (χ4n) is 2.99. The zero-order chi connectivity index (χ0) is 16.4. The number of rotatable bonds is 4. The SMILES string of the molecule is CC1(C)O[C@@H]([C@@H](O)c2ccccc2)[C@H]([C@@H](O)c2ccccc2)O1. The first-order valence-corrected chi connectivity index (χ1v) is 7.79. The molecule has 23 heavy (non-hydrogen) atoms. The van der Waals surface area contributed by atoms with Gasteiger partial charge in [0.15, 0.2) is 5.79 Å². The van der Waals surface area contributed by atoms with E-state index in [1.807, 2.05) is 60.7 Å². The summed E-state index contributed by atoms with van der Waals surface area (Å²) in [5.41, 5.74) is 1.48. The van der Waals surface area contributed by atoms with Crippen LogP contribution in [-0.2, 0) is 9.47 Å². The summed E-state index contributed by atoms with van der Waals surface area (Å²) in [6.07, 6.45) is -3.05. The third-order valence-corrected chi connectivity index (χ3v) is 4.07. The number of hydrogen-bond acceptors (Lipinski definition) is 4. The monoisotopic (exact) mass is 314 g/mol. The largest absolute Gasteiger partial charge is 0.386 e. The molecule has 0 unspecified atom stereocenters. The molecule has 122 valence electrons. The summed E-state index contributed by atoms with van der Waals surface area (Å²) in [4.78, 5) is 0. The molecular weight excluding hydrogens is 292 g/mol. The van der Waals surface area contributed by atoms with Crippen molar-refractivity contribution in [3.05, 3.63) is 71.8 Å². The standard InChI is InChI=1S/C19H22O4/c1-19(2)22-17(15(20)13-9-5-3-6-10-13)18(23-19)16(21)14-11-7-4-8-12-14/h3-12,15-18,20-21H,1-2H3/t15-,16-,17-,18-/m0/s1. The maximum Gasteiger partial charge on any atom is 0.164 e. The van der Waals surface area contributed by atoms with E-state index in [4.69, 9.17) is 9.47 Å². The number of hydrogen-bond donors (Lipinski definition) is 2. The van der Waals surface area contributed by atoms with Gasteiger partial charge in [-0.3, -0.25) is 0 Å². The van der Waals surface area contributed by atoms with Crippen molar-refractivity contribution in [2.45, 2.75) is 44.1 Å². The normalized spacial score (nSPS) is 25.9. The van der Waals surface area contributed by atoms with E-state index in [9.17, 15) is 10.2 Å². The summed E-state index contributed by atoms with van der Waals surface area (Å²) in [5.74, 6) is -0.860. The van der Waals surface area contributed by atoms with Crippen molar-refractivity contribution in [1.82, 2.24) is 0 Å². The van der Waals surface area contributed by atoms with Gasteiger partial charge in [0.1, 0.15) is 24.4 Å². The summed E-state index contributed by atoms with van der Waals surface area (Å²) in [7, 11) is 0. The Labute approximate surface area is 136 Å². The molecule has 0 spiro atoms. The van der Waals surface area contributed by atoms with E-state index in [0.717, 1.165) is 11.1 Å². The minimum absolute atomic E-state index is 0.650. The lowest BCUT2D eigenvalue weighted by Gasteiger charge is -2.26. The van der Waals surface area contributed by atoms with E-state index in [2.05, 4.69) is 0 Å². The molecule has 1 aliphatic heterocycles.